The molecular formula is C11H10ClFN2O. The molecule has 0 aliphatic rings. The third-order valence-corrected chi connectivity index (χ3v) is 2.57. The van der Waals surface area contributed by atoms with Gasteiger partial charge in [0.05, 0.1) is 19.9 Å². The van der Waals surface area contributed by atoms with E-state index >= 15 is 0 Å². The van der Waals surface area contributed by atoms with Crippen molar-refractivity contribution in [3.63, 3.8) is 0 Å². The summed E-state index contributed by atoms with van der Waals surface area (Å²) in [6.07, 6.45) is 1.53. The summed E-state index contributed by atoms with van der Waals surface area (Å²) in [7, 11) is 1.52. The number of halogens is 2. The lowest BCUT2D eigenvalue weighted by molar-refractivity contribution is 0.414. The van der Waals surface area contributed by atoms with Crippen molar-refractivity contribution in [3.8, 4) is 5.75 Å². The summed E-state index contributed by atoms with van der Waals surface area (Å²) in [6, 6.07) is 6.31. The van der Waals surface area contributed by atoms with Crippen LogP contribution >= 0.6 is 11.6 Å². The molecule has 0 saturated heterocycles. The van der Waals surface area contributed by atoms with E-state index in [0.717, 1.165) is 5.56 Å². The first kappa shape index (κ1) is 11.0. The molecule has 1 aromatic heterocycles. The molecule has 0 unspecified atom stereocenters. The minimum Gasteiger partial charge on any atom is -0.492 e. The Morgan fingerprint density at radius 1 is 1.50 bits per heavy atom. The zero-order valence-electron chi connectivity index (χ0n) is 8.65. The molecule has 1 aromatic carbocycles. The summed E-state index contributed by atoms with van der Waals surface area (Å²) in [5.74, 6) is 0.241. The van der Waals surface area contributed by atoms with Gasteiger partial charge < -0.3 is 4.74 Å². The molecule has 5 heteroatoms. The fraction of sp³-hybridized carbons (Fsp3) is 0.182. The largest absolute Gasteiger partial charge is 0.492 e. The van der Waals surface area contributed by atoms with Crippen molar-refractivity contribution in [1.82, 2.24) is 9.78 Å². The van der Waals surface area contributed by atoms with Gasteiger partial charge in [0.15, 0.2) is 10.9 Å². The molecule has 1 heterocycles. The maximum Gasteiger partial charge on any atom is 0.175 e. The van der Waals surface area contributed by atoms with Crippen molar-refractivity contribution in [3.05, 3.63) is 47.0 Å². The molecule has 0 atom stereocenters. The van der Waals surface area contributed by atoms with Gasteiger partial charge in [-0.1, -0.05) is 23.7 Å². The highest BCUT2D eigenvalue weighted by Gasteiger charge is 2.08. The average Bonchev–Trinajstić information content (AvgIpc) is 2.60. The molecule has 0 fully saturated rings. The van der Waals surface area contributed by atoms with Crippen molar-refractivity contribution in [1.29, 1.82) is 0 Å². The van der Waals surface area contributed by atoms with Crippen molar-refractivity contribution >= 4 is 11.6 Å². The monoisotopic (exact) mass is 240 g/mol. The van der Waals surface area contributed by atoms with Crippen LogP contribution in [0.3, 0.4) is 0 Å². The molecule has 16 heavy (non-hydrogen) atoms. The molecule has 0 spiro atoms. The molecule has 0 bridgehead atoms. The van der Waals surface area contributed by atoms with Crippen LogP contribution in [0.2, 0.25) is 5.15 Å². The van der Waals surface area contributed by atoms with Crippen LogP contribution in [-0.4, -0.2) is 16.9 Å². The number of benzene rings is 1. The van der Waals surface area contributed by atoms with Crippen LogP contribution in [0.1, 0.15) is 5.56 Å². The lowest BCUT2D eigenvalue weighted by atomic mass is 10.2. The highest BCUT2D eigenvalue weighted by molar-refractivity contribution is 6.31. The summed E-state index contributed by atoms with van der Waals surface area (Å²) >= 11 is 6.00. The number of aromatic nitrogens is 2. The smallest absolute Gasteiger partial charge is 0.175 e. The Hall–Kier alpha value is -1.55. The van der Waals surface area contributed by atoms with Crippen LogP contribution in [0, 0.1) is 5.82 Å². The lowest BCUT2D eigenvalue weighted by Crippen LogP contribution is -2.01. The Balaban J connectivity index is 2.24. The average molecular weight is 241 g/mol. The second-order valence-corrected chi connectivity index (χ2v) is 3.65. The standard InChI is InChI=1S/C11H10ClFN2O/c1-16-10-6-14-15(11(10)12)7-8-3-2-4-9(13)5-8/h2-6H,7H2,1H3. The van der Waals surface area contributed by atoms with E-state index < -0.39 is 0 Å². The van der Waals surface area contributed by atoms with E-state index in [1.165, 1.54) is 25.4 Å². The maximum absolute atomic E-state index is 13.0. The van der Waals surface area contributed by atoms with Gasteiger partial charge in [-0.15, -0.1) is 0 Å². The van der Waals surface area contributed by atoms with Crippen molar-refractivity contribution in [2.75, 3.05) is 7.11 Å². The Labute approximate surface area is 97.4 Å². The Morgan fingerprint density at radius 3 is 2.94 bits per heavy atom. The first-order valence-electron chi connectivity index (χ1n) is 4.70. The molecule has 84 valence electrons. The summed E-state index contributed by atoms with van der Waals surface area (Å²) in [4.78, 5) is 0. The zero-order valence-corrected chi connectivity index (χ0v) is 9.41. The quantitative estimate of drug-likeness (QED) is 0.825. The van der Waals surface area contributed by atoms with Crippen LogP contribution in [0.25, 0.3) is 0 Å². The minimum atomic E-state index is -0.271. The van der Waals surface area contributed by atoms with Crippen LogP contribution in [-0.2, 0) is 6.54 Å². The fourth-order valence-electron chi connectivity index (χ4n) is 1.41. The molecular weight excluding hydrogens is 231 g/mol. The number of ether oxygens (including phenoxy) is 1. The second kappa shape index (κ2) is 4.53. The highest BCUT2D eigenvalue weighted by Crippen LogP contribution is 2.23. The van der Waals surface area contributed by atoms with E-state index in [4.69, 9.17) is 16.3 Å². The van der Waals surface area contributed by atoms with Gasteiger partial charge in [0.2, 0.25) is 0 Å². The first-order valence-corrected chi connectivity index (χ1v) is 5.08. The van der Waals surface area contributed by atoms with E-state index in [-0.39, 0.29) is 5.82 Å². The molecule has 0 saturated carbocycles. The van der Waals surface area contributed by atoms with Gasteiger partial charge in [0, 0.05) is 0 Å². The summed E-state index contributed by atoms with van der Waals surface area (Å²) in [6.45, 7) is 0.417. The summed E-state index contributed by atoms with van der Waals surface area (Å²) < 4.78 is 19.5. The molecule has 2 rings (SSSR count). The molecule has 0 amide bonds. The SMILES string of the molecule is COc1cnn(Cc2cccc(F)c2)c1Cl. The number of methoxy groups -OCH3 is 1. The highest BCUT2D eigenvalue weighted by atomic mass is 35.5. The number of hydrogen-bond acceptors (Lipinski definition) is 2. The van der Waals surface area contributed by atoms with Crippen LogP contribution in [0.4, 0.5) is 4.39 Å². The zero-order chi connectivity index (χ0) is 11.5. The second-order valence-electron chi connectivity index (χ2n) is 3.29. The Bertz CT molecular complexity index is 498. The summed E-state index contributed by atoms with van der Waals surface area (Å²) in [5, 5.41) is 4.46. The van der Waals surface area contributed by atoms with E-state index in [1.807, 2.05) is 6.07 Å². The summed E-state index contributed by atoms with van der Waals surface area (Å²) in [5.41, 5.74) is 0.799. The van der Waals surface area contributed by atoms with E-state index in [9.17, 15) is 4.39 Å². The molecule has 2 aromatic rings. The molecule has 0 aliphatic heterocycles. The predicted octanol–water partition coefficient (Wildman–Crippen LogP) is 2.73. The lowest BCUT2D eigenvalue weighted by Gasteiger charge is -2.03. The Morgan fingerprint density at radius 2 is 2.31 bits per heavy atom. The van der Waals surface area contributed by atoms with Gasteiger partial charge in [-0.25, -0.2) is 9.07 Å². The predicted molar refractivity (Wildman–Crippen MR) is 59.3 cm³/mol. The maximum atomic E-state index is 13.0. The minimum absolute atomic E-state index is 0.271. The number of hydrogen-bond donors (Lipinski definition) is 0. The third kappa shape index (κ3) is 2.17. The van der Waals surface area contributed by atoms with Gasteiger partial charge in [-0.05, 0) is 17.7 Å². The van der Waals surface area contributed by atoms with Crippen molar-refractivity contribution < 1.29 is 9.13 Å². The fourth-order valence-corrected chi connectivity index (χ4v) is 1.64. The molecule has 0 aliphatic carbocycles. The van der Waals surface area contributed by atoms with Gasteiger partial charge >= 0.3 is 0 Å². The molecule has 0 radical (unpaired) electrons. The van der Waals surface area contributed by atoms with Crippen molar-refractivity contribution in [2.24, 2.45) is 0 Å². The van der Waals surface area contributed by atoms with Crippen molar-refractivity contribution in [2.45, 2.75) is 6.54 Å². The number of rotatable bonds is 3. The van der Waals surface area contributed by atoms with E-state index in [2.05, 4.69) is 5.10 Å². The van der Waals surface area contributed by atoms with Gasteiger partial charge in [0.1, 0.15) is 5.82 Å². The molecule has 3 nitrogen and oxygen atoms in total. The van der Waals surface area contributed by atoms with Crippen LogP contribution < -0.4 is 4.74 Å². The topological polar surface area (TPSA) is 27.1 Å². The van der Waals surface area contributed by atoms with E-state index in [0.29, 0.717) is 17.4 Å². The normalized spacial score (nSPS) is 10.4. The Kier molecular flexibility index (Phi) is 3.10. The van der Waals surface area contributed by atoms with Gasteiger partial charge in [-0.2, -0.15) is 5.10 Å². The number of nitrogens with zero attached hydrogens (tertiary/aromatic N) is 2. The van der Waals surface area contributed by atoms with E-state index in [1.54, 1.807) is 10.7 Å². The van der Waals surface area contributed by atoms with Crippen LogP contribution in [0.15, 0.2) is 30.5 Å². The molecule has 0 N–H and O–H groups in total. The first-order chi connectivity index (χ1) is 7.70. The van der Waals surface area contributed by atoms with Gasteiger partial charge in [-0.3, -0.25) is 0 Å². The van der Waals surface area contributed by atoms with Gasteiger partial charge in [0.25, 0.3) is 0 Å². The third-order valence-electron chi connectivity index (χ3n) is 2.19. The van der Waals surface area contributed by atoms with Crippen LogP contribution in [0.5, 0.6) is 5.75 Å².